The van der Waals surface area contributed by atoms with Crippen LogP contribution < -0.4 is 5.14 Å². The third-order valence-electron chi connectivity index (χ3n) is 1.89. The Kier molecular flexibility index (Phi) is 6.80. The van der Waals surface area contributed by atoms with Gasteiger partial charge in [-0.3, -0.25) is 4.55 Å². The molecule has 0 bridgehead atoms. The Morgan fingerprint density at radius 3 is 1.75 bits per heavy atom. The second kappa shape index (κ2) is 6.34. The van der Waals surface area contributed by atoms with Gasteiger partial charge in [0.05, 0.1) is 0 Å². The van der Waals surface area contributed by atoms with Crippen molar-refractivity contribution < 1.29 is 13.0 Å². The van der Waals surface area contributed by atoms with Crippen molar-refractivity contribution in [1.29, 1.82) is 0 Å². The molecule has 12 heavy (non-hydrogen) atoms. The number of rotatable bonds is 0. The van der Waals surface area contributed by atoms with Crippen molar-refractivity contribution in [1.82, 2.24) is 0 Å². The van der Waals surface area contributed by atoms with Gasteiger partial charge in [0.2, 0.25) is 0 Å². The summed E-state index contributed by atoms with van der Waals surface area (Å²) in [5.74, 6) is 0. The maximum absolute atomic E-state index is 8.97. The van der Waals surface area contributed by atoms with Crippen molar-refractivity contribution in [2.75, 3.05) is 0 Å². The zero-order chi connectivity index (χ0) is 9.61. The molecule has 0 spiro atoms. The molecule has 0 aliphatic heterocycles. The Hall–Kier alpha value is 0.870. The molecule has 0 atom stereocenters. The molecule has 4 nitrogen and oxygen atoms in total. The van der Waals surface area contributed by atoms with Crippen LogP contribution in [0.25, 0.3) is 0 Å². The Balaban J connectivity index is 0.000000217. The summed E-state index contributed by atoms with van der Waals surface area (Å²) in [5.41, 5.74) is 0. The molecular weight excluding hydrogens is 189 g/mol. The van der Waals surface area contributed by atoms with Crippen molar-refractivity contribution >= 4 is 38.2 Å². The van der Waals surface area contributed by atoms with Crippen LogP contribution >= 0.6 is 0 Å². The standard InChI is InChI=1S/C6H11.H3NO3S.Na/c1-2-4-6-5-3-1;1-5(2,3)4;/h1H,2-6H2;(H3,1,2,3,4);. The quantitative estimate of drug-likeness (QED) is 0.448. The van der Waals surface area contributed by atoms with Gasteiger partial charge in [0, 0.05) is 0 Å². The first-order valence-corrected chi connectivity index (χ1v) is 6.80. The predicted molar refractivity (Wildman–Crippen MR) is 48.3 cm³/mol. The molecule has 0 unspecified atom stereocenters. The molecule has 1 aliphatic carbocycles. The molecular formula is C6H14NNaO3S. The van der Waals surface area contributed by atoms with E-state index in [2.05, 4.69) is 5.14 Å². The number of hydrogen-bond acceptors (Lipinski definition) is 2. The Morgan fingerprint density at radius 1 is 1.25 bits per heavy atom. The van der Waals surface area contributed by atoms with Crippen LogP contribution in [0.5, 0.6) is 0 Å². The van der Waals surface area contributed by atoms with E-state index in [4.69, 9.17) is 13.0 Å². The number of hydrogen-bond donors (Lipinski definition) is 2. The van der Waals surface area contributed by atoms with Gasteiger partial charge in [0.1, 0.15) is 0 Å². The SMILES string of the molecule is NS(=O)(=O)O.[Na][CH]1CCCCC1. The van der Waals surface area contributed by atoms with E-state index in [0.717, 1.165) is 0 Å². The Morgan fingerprint density at radius 2 is 1.58 bits per heavy atom. The molecule has 0 heterocycles. The monoisotopic (exact) mass is 203 g/mol. The fraction of sp³-hybridized carbons (Fsp3) is 1.00. The van der Waals surface area contributed by atoms with E-state index in [1.165, 1.54) is 50.4 Å². The predicted octanol–water partition coefficient (Wildman–Crippen LogP) is 0.655. The fourth-order valence-corrected chi connectivity index (χ4v) is 2.12. The van der Waals surface area contributed by atoms with E-state index in [1.807, 2.05) is 0 Å². The molecule has 1 aliphatic rings. The molecule has 68 valence electrons. The van der Waals surface area contributed by atoms with Crippen molar-refractivity contribution in [2.45, 2.75) is 35.3 Å². The minimum atomic E-state index is -4.17. The van der Waals surface area contributed by atoms with Crippen molar-refractivity contribution in [3.05, 3.63) is 0 Å². The number of nitrogens with two attached hydrogens (primary N) is 1. The van der Waals surface area contributed by atoms with Gasteiger partial charge < -0.3 is 0 Å². The summed E-state index contributed by atoms with van der Waals surface area (Å²) in [6.07, 6.45) is 7.65. The van der Waals surface area contributed by atoms with Crippen LogP contribution in [0.1, 0.15) is 32.1 Å². The topological polar surface area (TPSA) is 80.4 Å². The summed E-state index contributed by atoms with van der Waals surface area (Å²) >= 11 is 1.45. The molecule has 0 radical (unpaired) electrons. The maximum atomic E-state index is 8.97. The van der Waals surface area contributed by atoms with Gasteiger partial charge in [-0.25, -0.2) is 5.14 Å². The average molecular weight is 203 g/mol. The van der Waals surface area contributed by atoms with Gasteiger partial charge in [-0.15, -0.1) is 0 Å². The Bertz CT molecular complexity index is 191. The van der Waals surface area contributed by atoms with Gasteiger partial charge >= 0.3 is 73.5 Å². The molecule has 0 aromatic carbocycles. The summed E-state index contributed by atoms with van der Waals surface area (Å²) in [5, 5.41) is 3.88. The molecule has 1 fully saturated rings. The van der Waals surface area contributed by atoms with Gasteiger partial charge in [0.25, 0.3) is 0 Å². The first-order chi connectivity index (χ1) is 5.39. The first-order valence-electron chi connectivity index (χ1n) is 4.15. The summed E-state index contributed by atoms with van der Waals surface area (Å²) in [6.45, 7) is 0. The van der Waals surface area contributed by atoms with Crippen LogP contribution in [0.15, 0.2) is 0 Å². The molecule has 0 aromatic heterocycles. The van der Waals surface area contributed by atoms with E-state index in [1.54, 1.807) is 12.8 Å². The normalized spacial score (nSPS) is 19.7. The van der Waals surface area contributed by atoms with Gasteiger partial charge in [-0.05, 0) is 0 Å². The molecule has 0 amide bonds. The van der Waals surface area contributed by atoms with Gasteiger partial charge in [-0.1, -0.05) is 0 Å². The summed E-state index contributed by atoms with van der Waals surface area (Å²) in [6, 6.07) is 0. The molecule has 1 saturated carbocycles. The molecule has 0 saturated heterocycles. The van der Waals surface area contributed by atoms with Crippen LogP contribution in [-0.2, 0) is 10.3 Å². The van der Waals surface area contributed by atoms with E-state index in [0.29, 0.717) is 0 Å². The molecule has 1 rings (SSSR count). The Labute approximate surface area is 91.2 Å². The van der Waals surface area contributed by atoms with Crippen molar-refractivity contribution in [3.8, 4) is 0 Å². The van der Waals surface area contributed by atoms with E-state index in [9.17, 15) is 0 Å². The first kappa shape index (κ1) is 12.9. The van der Waals surface area contributed by atoms with E-state index < -0.39 is 10.3 Å². The van der Waals surface area contributed by atoms with Crippen LogP contribution in [0, 0.1) is 0 Å². The second-order valence-corrected chi connectivity index (χ2v) is 5.92. The average Bonchev–Trinajstić information content (AvgIpc) is 1.85. The molecule has 3 N–H and O–H groups in total. The second-order valence-electron chi connectivity index (χ2n) is 3.26. The van der Waals surface area contributed by atoms with E-state index >= 15 is 0 Å². The van der Waals surface area contributed by atoms with E-state index in [-0.39, 0.29) is 0 Å². The molecule has 0 aromatic rings. The summed E-state index contributed by atoms with van der Waals surface area (Å²) in [4.78, 5) is 0. The zero-order valence-electron chi connectivity index (χ0n) is 7.36. The van der Waals surface area contributed by atoms with Crippen molar-refractivity contribution in [3.63, 3.8) is 0 Å². The van der Waals surface area contributed by atoms with Crippen LogP contribution in [0.3, 0.4) is 0 Å². The summed E-state index contributed by atoms with van der Waals surface area (Å²) in [7, 11) is -4.17. The minimum absolute atomic E-state index is 1.17. The van der Waals surface area contributed by atoms with Gasteiger partial charge in [0.15, 0.2) is 0 Å². The van der Waals surface area contributed by atoms with Gasteiger partial charge in [-0.2, -0.15) is 8.42 Å². The molecule has 6 heteroatoms. The third-order valence-corrected chi connectivity index (χ3v) is 3.05. The fourth-order valence-electron chi connectivity index (χ4n) is 1.31. The van der Waals surface area contributed by atoms with Crippen LogP contribution in [0.2, 0.25) is 3.17 Å². The van der Waals surface area contributed by atoms with Crippen LogP contribution in [-0.4, -0.2) is 40.9 Å². The summed E-state index contributed by atoms with van der Waals surface area (Å²) < 4.78 is 26.4. The van der Waals surface area contributed by atoms with Crippen molar-refractivity contribution in [2.24, 2.45) is 5.14 Å². The van der Waals surface area contributed by atoms with Crippen LogP contribution in [0.4, 0.5) is 0 Å². The zero-order valence-corrected chi connectivity index (χ0v) is 10.2. The third kappa shape index (κ3) is 13.5.